The van der Waals surface area contributed by atoms with E-state index in [9.17, 15) is 0 Å². The Kier molecular flexibility index (Phi) is 3.74. The van der Waals surface area contributed by atoms with Crippen LogP contribution in [0.25, 0.3) is 0 Å². The van der Waals surface area contributed by atoms with Crippen LogP contribution in [-0.2, 0) is 13.5 Å². The van der Waals surface area contributed by atoms with E-state index in [0.717, 1.165) is 13.0 Å². The molecule has 0 aliphatic rings. The highest BCUT2D eigenvalue weighted by atomic mass is 32.1. The zero-order valence-corrected chi connectivity index (χ0v) is 10.5. The van der Waals surface area contributed by atoms with Crippen LogP contribution in [0, 0.1) is 0 Å². The second-order valence-electron chi connectivity index (χ2n) is 3.84. The van der Waals surface area contributed by atoms with Crippen molar-refractivity contribution in [1.82, 2.24) is 15.1 Å². The summed E-state index contributed by atoms with van der Waals surface area (Å²) in [4.78, 5) is 1.41. The largest absolute Gasteiger partial charge is 0.310 e. The summed E-state index contributed by atoms with van der Waals surface area (Å²) in [6.45, 7) is 3.11. The van der Waals surface area contributed by atoms with Crippen LogP contribution in [0.2, 0.25) is 0 Å². The Morgan fingerprint density at radius 3 is 3.00 bits per heavy atom. The molecule has 3 nitrogen and oxygen atoms in total. The van der Waals surface area contributed by atoms with Crippen molar-refractivity contribution >= 4 is 11.3 Å². The molecule has 0 bridgehead atoms. The maximum atomic E-state index is 4.23. The first-order chi connectivity index (χ1) is 7.79. The zero-order chi connectivity index (χ0) is 11.4. The minimum atomic E-state index is 0.373. The molecule has 1 unspecified atom stereocenters. The highest BCUT2D eigenvalue weighted by Crippen LogP contribution is 2.20. The predicted octanol–water partition coefficient (Wildman–Crippen LogP) is 2.37. The van der Waals surface area contributed by atoms with Crippen LogP contribution in [-0.4, -0.2) is 16.3 Å². The molecular formula is C12H17N3S. The number of nitrogens with zero attached hydrogens (tertiary/aromatic N) is 2. The summed E-state index contributed by atoms with van der Waals surface area (Å²) in [6.07, 6.45) is 5.07. The zero-order valence-electron chi connectivity index (χ0n) is 9.68. The van der Waals surface area contributed by atoms with E-state index in [2.05, 4.69) is 41.0 Å². The molecule has 0 fully saturated rings. The maximum absolute atomic E-state index is 4.23. The second kappa shape index (κ2) is 5.27. The molecule has 0 radical (unpaired) electrons. The molecule has 0 aliphatic carbocycles. The lowest BCUT2D eigenvalue weighted by molar-refractivity contribution is 0.553. The first kappa shape index (κ1) is 11.4. The Labute approximate surface area is 100 Å². The molecule has 0 aliphatic heterocycles. The summed E-state index contributed by atoms with van der Waals surface area (Å²) in [5, 5.41) is 9.86. The van der Waals surface area contributed by atoms with Gasteiger partial charge in [0, 0.05) is 36.1 Å². The van der Waals surface area contributed by atoms with Crippen LogP contribution in [0.4, 0.5) is 0 Å². The van der Waals surface area contributed by atoms with Crippen LogP contribution >= 0.6 is 11.3 Å². The van der Waals surface area contributed by atoms with Crippen LogP contribution in [0.15, 0.2) is 29.9 Å². The Bertz CT molecular complexity index is 419. The van der Waals surface area contributed by atoms with Gasteiger partial charge in [0.2, 0.25) is 0 Å². The molecule has 16 heavy (non-hydrogen) atoms. The Morgan fingerprint density at radius 2 is 2.44 bits per heavy atom. The highest BCUT2D eigenvalue weighted by molar-refractivity contribution is 7.09. The van der Waals surface area contributed by atoms with Gasteiger partial charge in [-0.1, -0.05) is 13.0 Å². The molecule has 0 saturated carbocycles. The molecule has 0 aromatic carbocycles. The summed E-state index contributed by atoms with van der Waals surface area (Å²) in [7, 11) is 1.96. The number of hydrogen-bond donors (Lipinski definition) is 1. The van der Waals surface area contributed by atoms with Crippen molar-refractivity contribution in [3.05, 3.63) is 40.3 Å². The summed E-state index contributed by atoms with van der Waals surface area (Å²) in [6, 6.07) is 4.66. The van der Waals surface area contributed by atoms with Crippen LogP contribution in [0.3, 0.4) is 0 Å². The monoisotopic (exact) mass is 235 g/mol. The molecule has 1 N–H and O–H groups in total. The average Bonchev–Trinajstić information content (AvgIpc) is 2.88. The highest BCUT2D eigenvalue weighted by Gasteiger charge is 2.13. The van der Waals surface area contributed by atoms with Gasteiger partial charge >= 0.3 is 0 Å². The SMILES string of the molecule is CCNC(Cc1cccs1)c1cnn(C)c1. The van der Waals surface area contributed by atoms with Gasteiger partial charge in [-0.3, -0.25) is 4.68 Å². The topological polar surface area (TPSA) is 29.9 Å². The quantitative estimate of drug-likeness (QED) is 0.862. The van der Waals surface area contributed by atoms with Crippen molar-refractivity contribution in [1.29, 1.82) is 0 Å². The third-order valence-electron chi connectivity index (χ3n) is 2.56. The smallest absolute Gasteiger partial charge is 0.0537 e. The Hall–Kier alpha value is -1.13. The fraction of sp³-hybridized carbons (Fsp3) is 0.417. The number of nitrogens with one attached hydrogen (secondary N) is 1. The van der Waals surface area contributed by atoms with Crippen LogP contribution < -0.4 is 5.32 Å². The lowest BCUT2D eigenvalue weighted by atomic mass is 10.1. The van der Waals surface area contributed by atoms with Crippen molar-refractivity contribution in [2.75, 3.05) is 6.54 Å². The van der Waals surface area contributed by atoms with E-state index >= 15 is 0 Å². The van der Waals surface area contributed by atoms with Gasteiger partial charge in [-0.15, -0.1) is 11.3 Å². The minimum absolute atomic E-state index is 0.373. The third-order valence-corrected chi connectivity index (χ3v) is 3.46. The molecule has 0 spiro atoms. The van der Waals surface area contributed by atoms with Gasteiger partial charge in [0.25, 0.3) is 0 Å². The molecule has 2 heterocycles. The lowest BCUT2D eigenvalue weighted by Crippen LogP contribution is -2.22. The van der Waals surface area contributed by atoms with Crippen molar-refractivity contribution in [2.45, 2.75) is 19.4 Å². The van der Waals surface area contributed by atoms with E-state index in [1.807, 2.05) is 29.3 Å². The summed E-state index contributed by atoms with van der Waals surface area (Å²) in [5.41, 5.74) is 1.26. The van der Waals surface area contributed by atoms with Gasteiger partial charge < -0.3 is 5.32 Å². The number of thiophene rings is 1. The second-order valence-corrected chi connectivity index (χ2v) is 4.87. The van der Waals surface area contributed by atoms with Crippen molar-refractivity contribution in [3.63, 3.8) is 0 Å². The number of hydrogen-bond acceptors (Lipinski definition) is 3. The molecule has 2 rings (SSSR count). The number of rotatable bonds is 5. The minimum Gasteiger partial charge on any atom is -0.310 e. The summed E-state index contributed by atoms with van der Waals surface area (Å²) >= 11 is 1.81. The fourth-order valence-electron chi connectivity index (χ4n) is 1.80. The molecule has 2 aromatic heterocycles. The predicted molar refractivity (Wildman–Crippen MR) is 67.6 cm³/mol. The molecule has 0 saturated heterocycles. The van der Waals surface area contributed by atoms with Gasteiger partial charge in [-0.05, 0) is 18.0 Å². The van der Waals surface area contributed by atoms with Crippen LogP contribution in [0.1, 0.15) is 23.4 Å². The van der Waals surface area contributed by atoms with Crippen molar-refractivity contribution < 1.29 is 0 Å². The first-order valence-corrected chi connectivity index (χ1v) is 6.42. The van der Waals surface area contributed by atoms with E-state index in [4.69, 9.17) is 0 Å². The van der Waals surface area contributed by atoms with E-state index in [0.29, 0.717) is 6.04 Å². The van der Waals surface area contributed by atoms with Gasteiger partial charge in [0.1, 0.15) is 0 Å². The van der Waals surface area contributed by atoms with E-state index in [1.54, 1.807) is 0 Å². The third kappa shape index (κ3) is 2.71. The van der Waals surface area contributed by atoms with Gasteiger partial charge in [-0.2, -0.15) is 5.10 Å². The fourth-order valence-corrected chi connectivity index (χ4v) is 2.56. The number of likely N-dealkylation sites (N-methyl/N-ethyl adjacent to an activating group) is 1. The van der Waals surface area contributed by atoms with E-state index < -0.39 is 0 Å². The van der Waals surface area contributed by atoms with Crippen molar-refractivity contribution in [2.24, 2.45) is 7.05 Å². The normalized spacial score (nSPS) is 12.9. The average molecular weight is 235 g/mol. The molecule has 2 aromatic rings. The number of aromatic nitrogens is 2. The molecule has 0 amide bonds. The maximum Gasteiger partial charge on any atom is 0.0537 e. The van der Waals surface area contributed by atoms with Gasteiger partial charge in [0.15, 0.2) is 0 Å². The molecule has 86 valence electrons. The molecule has 4 heteroatoms. The Balaban J connectivity index is 2.11. The van der Waals surface area contributed by atoms with E-state index in [-0.39, 0.29) is 0 Å². The first-order valence-electron chi connectivity index (χ1n) is 5.54. The molecule has 1 atom stereocenters. The van der Waals surface area contributed by atoms with Gasteiger partial charge in [-0.25, -0.2) is 0 Å². The Morgan fingerprint density at radius 1 is 1.56 bits per heavy atom. The number of aryl methyl sites for hydroxylation is 1. The summed E-state index contributed by atoms with van der Waals surface area (Å²) < 4.78 is 1.86. The van der Waals surface area contributed by atoms with Crippen molar-refractivity contribution in [3.8, 4) is 0 Å². The standard InChI is InChI=1S/C12H17N3S/c1-3-13-12(7-11-5-4-6-16-11)10-8-14-15(2)9-10/h4-6,8-9,12-13H,3,7H2,1-2H3. The van der Waals surface area contributed by atoms with Gasteiger partial charge in [0.05, 0.1) is 6.20 Å². The van der Waals surface area contributed by atoms with Crippen LogP contribution in [0.5, 0.6) is 0 Å². The van der Waals surface area contributed by atoms with E-state index in [1.165, 1.54) is 10.4 Å². The lowest BCUT2D eigenvalue weighted by Gasteiger charge is -2.15. The summed E-state index contributed by atoms with van der Waals surface area (Å²) in [5.74, 6) is 0. The molecular weight excluding hydrogens is 218 g/mol.